The minimum Gasteiger partial charge on any atom is -0.338 e. The second-order valence-corrected chi connectivity index (χ2v) is 7.19. The summed E-state index contributed by atoms with van der Waals surface area (Å²) >= 11 is 0. The highest BCUT2D eigenvalue weighted by Gasteiger charge is 2.14. The quantitative estimate of drug-likeness (QED) is 0.763. The summed E-state index contributed by atoms with van der Waals surface area (Å²) in [7, 11) is 0. The summed E-state index contributed by atoms with van der Waals surface area (Å²) < 4.78 is 0. The van der Waals surface area contributed by atoms with Crippen molar-refractivity contribution < 1.29 is 0 Å². The third-order valence-corrected chi connectivity index (χ3v) is 5.17. The predicted octanol–water partition coefficient (Wildman–Crippen LogP) is 4.29. The van der Waals surface area contributed by atoms with Crippen LogP contribution in [0.2, 0.25) is 0 Å². The molecule has 1 fully saturated rings. The molecule has 0 radical (unpaired) electrons. The van der Waals surface area contributed by atoms with E-state index in [1.54, 1.807) is 0 Å². The second kappa shape index (κ2) is 7.00. The number of pyridine rings is 1. The van der Waals surface area contributed by atoms with Crippen LogP contribution in [0.4, 0.5) is 11.5 Å². The van der Waals surface area contributed by atoms with Crippen LogP contribution < -0.4 is 5.32 Å². The largest absolute Gasteiger partial charge is 0.338 e. The van der Waals surface area contributed by atoms with Crippen molar-refractivity contribution in [3.63, 3.8) is 0 Å². The van der Waals surface area contributed by atoms with Crippen molar-refractivity contribution in [2.24, 2.45) is 0 Å². The summed E-state index contributed by atoms with van der Waals surface area (Å²) in [4.78, 5) is 16.4. The topological polar surface area (TPSA) is 53.9 Å². The molecule has 1 saturated heterocycles. The summed E-state index contributed by atoms with van der Waals surface area (Å²) in [5.41, 5.74) is 6.49. The standard InChI is InChI=1S/C21H25N5/c1-14-7-6-8-18(15(14)2)25-21-20-19(23-16(3)24-21)11-17(12-22-20)13-26-9-4-5-10-26/h6-8,11-12H,4-5,9-10,13H2,1-3H3,(H,23,24,25). The Kier molecular flexibility index (Phi) is 4.55. The molecule has 0 bridgehead atoms. The molecule has 0 saturated carbocycles. The highest BCUT2D eigenvalue weighted by atomic mass is 15.1. The highest BCUT2D eigenvalue weighted by molar-refractivity contribution is 5.87. The van der Waals surface area contributed by atoms with E-state index in [4.69, 9.17) is 4.98 Å². The normalized spacial score (nSPS) is 14.9. The molecule has 134 valence electrons. The minimum atomic E-state index is 0.755. The molecule has 3 heterocycles. The predicted molar refractivity (Wildman–Crippen MR) is 106 cm³/mol. The van der Waals surface area contributed by atoms with Gasteiger partial charge in [-0.2, -0.15) is 0 Å². The average molecular weight is 347 g/mol. The van der Waals surface area contributed by atoms with Gasteiger partial charge >= 0.3 is 0 Å². The smallest absolute Gasteiger partial charge is 0.160 e. The van der Waals surface area contributed by atoms with Crippen LogP contribution in [0.15, 0.2) is 30.5 Å². The summed E-state index contributed by atoms with van der Waals surface area (Å²) in [5.74, 6) is 1.53. The fraction of sp³-hybridized carbons (Fsp3) is 0.381. The zero-order valence-corrected chi connectivity index (χ0v) is 15.7. The zero-order valence-electron chi connectivity index (χ0n) is 15.7. The van der Waals surface area contributed by atoms with Gasteiger partial charge in [0.25, 0.3) is 0 Å². The molecule has 5 heteroatoms. The van der Waals surface area contributed by atoms with Gasteiger partial charge in [0.05, 0.1) is 5.52 Å². The first-order chi connectivity index (χ1) is 12.6. The maximum Gasteiger partial charge on any atom is 0.160 e. The number of hydrogen-bond donors (Lipinski definition) is 1. The van der Waals surface area contributed by atoms with Crippen molar-refractivity contribution in [1.82, 2.24) is 19.9 Å². The summed E-state index contributed by atoms with van der Waals surface area (Å²) in [6.45, 7) is 9.48. The lowest BCUT2D eigenvalue weighted by atomic mass is 10.1. The number of fused-ring (bicyclic) bond motifs is 1. The maximum absolute atomic E-state index is 4.70. The first kappa shape index (κ1) is 16.9. The van der Waals surface area contributed by atoms with E-state index < -0.39 is 0 Å². The molecular formula is C21H25N5. The van der Waals surface area contributed by atoms with E-state index in [9.17, 15) is 0 Å². The van der Waals surface area contributed by atoms with Gasteiger partial charge in [-0.25, -0.2) is 9.97 Å². The molecule has 4 rings (SSSR count). The van der Waals surface area contributed by atoms with Crippen molar-refractivity contribution in [3.05, 3.63) is 53.0 Å². The molecule has 0 atom stereocenters. The molecular weight excluding hydrogens is 322 g/mol. The number of likely N-dealkylation sites (tertiary alicyclic amines) is 1. The van der Waals surface area contributed by atoms with Crippen molar-refractivity contribution >= 4 is 22.5 Å². The number of aryl methyl sites for hydroxylation is 2. The monoisotopic (exact) mass is 347 g/mol. The molecule has 1 aliphatic rings. The van der Waals surface area contributed by atoms with Crippen molar-refractivity contribution in [2.45, 2.75) is 40.2 Å². The Morgan fingerprint density at radius 2 is 1.88 bits per heavy atom. The van der Waals surface area contributed by atoms with E-state index in [1.165, 1.54) is 42.6 Å². The second-order valence-electron chi connectivity index (χ2n) is 7.19. The lowest BCUT2D eigenvalue weighted by Gasteiger charge is -2.15. The van der Waals surface area contributed by atoms with E-state index in [0.29, 0.717) is 0 Å². The first-order valence-corrected chi connectivity index (χ1v) is 9.29. The molecule has 1 aromatic carbocycles. The van der Waals surface area contributed by atoms with Crippen LogP contribution in [0.1, 0.15) is 35.4 Å². The molecule has 0 spiro atoms. The summed E-state index contributed by atoms with van der Waals surface area (Å²) in [5, 5.41) is 3.47. The number of rotatable bonds is 4. The van der Waals surface area contributed by atoms with Gasteiger partial charge in [-0.1, -0.05) is 12.1 Å². The van der Waals surface area contributed by atoms with Crippen LogP contribution in [-0.2, 0) is 6.54 Å². The van der Waals surface area contributed by atoms with E-state index in [1.807, 2.05) is 13.1 Å². The lowest BCUT2D eigenvalue weighted by molar-refractivity contribution is 0.331. The molecule has 3 aromatic rings. The fourth-order valence-electron chi connectivity index (χ4n) is 3.56. The van der Waals surface area contributed by atoms with Gasteiger partial charge < -0.3 is 5.32 Å². The Bertz CT molecular complexity index is 945. The number of aromatic nitrogens is 3. The van der Waals surface area contributed by atoms with Crippen LogP contribution in [0, 0.1) is 20.8 Å². The van der Waals surface area contributed by atoms with Crippen LogP contribution in [0.5, 0.6) is 0 Å². The third kappa shape index (κ3) is 3.40. The number of anilines is 2. The fourth-order valence-corrected chi connectivity index (χ4v) is 3.56. The molecule has 0 aliphatic carbocycles. The zero-order chi connectivity index (χ0) is 18.1. The first-order valence-electron chi connectivity index (χ1n) is 9.29. The highest BCUT2D eigenvalue weighted by Crippen LogP contribution is 2.26. The summed E-state index contributed by atoms with van der Waals surface area (Å²) in [6, 6.07) is 8.41. The Hall–Kier alpha value is -2.53. The molecule has 5 nitrogen and oxygen atoms in total. The molecule has 2 aromatic heterocycles. The van der Waals surface area contributed by atoms with Crippen LogP contribution in [-0.4, -0.2) is 32.9 Å². The maximum atomic E-state index is 4.70. The Morgan fingerprint density at radius 3 is 2.69 bits per heavy atom. The van der Waals surface area contributed by atoms with Crippen LogP contribution >= 0.6 is 0 Å². The molecule has 0 amide bonds. The Balaban J connectivity index is 1.69. The van der Waals surface area contributed by atoms with Gasteiger partial charge in [-0.3, -0.25) is 9.88 Å². The minimum absolute atomic E-state index is 0.755. The van der Waals surface area contributed by atoms with Crippen molar-refractivity contribution in [2.75, 3.05) is 18.4 Å². The van der Waals surface area contributed by atoms with Crippen molar-refractivity contribution in [1.29, 1.82) is 0 Å². The third-order valence-electron chi connectivity index (χ3n) is 5.17. The van der Waals surface area contributed by atoms with Gasteiger partial charge in [0.15, 0.2) is 5.82 Å². The van der Waals surface area contributed by atoms with E-state index in [-0.39, 0.29) is 0 Å². The van der Waals surface area contributed by atoms with Gasteiger partial charge in [0.2, 0.25) is 0 Å². The average Bonchev–Trinajstić information content (AvgIpc) is 3.11. The van der Waals surface area contributed by atoms with E-state index in [2.05, 4.69) is 58.3 Å². The van der Waals surface area contributed by atoms with Gasteiger partial charge in [0, 0.05) is 18.4 Å². The number of hydrogen-bond acceptors (Lipinski definition) is 5. The number of nitrogens with one attached hydrogen (secondary N) is 1. The van der Waals surface area contributed by atoms with Gasteiger partial charge in [-0.15, -0.1) is 0 Å². The van der Waals surface area contributed by atoms with E-state index >= 15 is 0 Å². The van der Waals surface area contributed by atoms with Crippen LogP contribution in [0.25, 0.3) is 11.0 Å². The lowest BCUT2D eigenvalue weighted by Crippen LogP contribution is -2.18. The SMILES string of the molecule is Cc1nc(Nc2cccc(C)c2C)c2ncc(CN3CCCC3)cc2n1. The molecule has 26 heavy (non-hydrogen) atoms. The van der Waals surface area contributed by atoms with E-state index in [0.717, 1.165) is 34.9 Å². The van der Waals surface area contributed by atoms with Crippen LogP contribution in [0.3, 0.4) is 0 Å². The summed E-state index contributed by atoms with van der Waals surface area (Å²) in [6.07, 6.45) is 4.56. The number of benzene rings is 1. The Morgan fingerprint density at radius 1 is 1.08 bits per heavy atom. The molecule has 0 unspecified atom stereocenters. The molecule has 1 aliphatic heterocycles. The van der Waals surface area contributed by atoms with Crippen molar-refractivity contribution in [3.8, 4) is 0 Å². The van der Waals surface area contributed by atoms with Gasteiger partial charge in [-0.05, 0) is 75.5 Å². The molecule has 1 N–H and O–H groups in total. The van der Waals surface area contributed by atoms with Gasteiger partial charge in [0.1, 0.15) is 11.3 Å². The Labute approximate surface area is 154 Å². The number of nitrogens with zero attached hydrogens (tertiary/aromatic N) is 4.